The van der Waals surface area contributed by atoms with Crippen molar-refractivity contribution >= 4 is 11.9 Å². The van der Waals surface area contributed by atoms with Crippen LogP contribution in [0.4, 0.5) is 4.39 Å². The second kappa shape index (κ2) is 13.8. The van der Waals surface area contributed by atoms with Crippen molar-refractivity contribution in [3.63, 3.8) is 0 Å². The van der Waals surface area contributed by atoms with E-state index in [9.17, 15) is 14.0 Å². The maximum Gasteiger partial charge on any atom is 0.343 e. The second-order valence-electron chi connectivity index (χ2n) is 7.33. The minimum absolute atomic E-state index is 0.122. The molecule has 186 valence electrons. The summed E-state index contributed by atoms with van der Waals surface area (Å²) in [5.74, 6) is 4.06. The Labute approximate surface area is 213 Å². The number of esters is 2. The van der Waals surface area contributed by atoms with E-state index in [1.54, 1.807) is 42.5 Å². The number of nitriles is 1. The number of rotatable bonds is 10. The molecule has 8 heteroatoms. The zero-order valence-electron chi connectivity index (χ0n) is 19.7. The van der Waals surface area contributed by atoms with Crippen molar-refractivity contribution in [1.82, 2.24) is 0 Å². The summed E-state index contributed by atoms with van der Waals surface area (Å²) in [5, 5.41) is 8.83. The van der Waals surface area contributed by atoms with Crippen LogP contribution in [0.1, 0.15) is 27.0 Å². The number of benzene rings is 3. The largest absolute Gasteiger partial charge is 0.491 e. The molecular weight excluding hydrogens is 477 g/mol. The molecule has 0 saturated heterocycles. The molecule has 0 aliphatic carbocycles. The highest BCUT2D eigenvalue weighted by molar-refractivity contribution is 5.91. The van der Waals surface area contributed by atoms with Crippen LogP contribution in [0.15, 0.2) is 79.4 Å². The Bertz CT molecular complexity index is 1350. The van der Waals surface area contributed by atoms with Gasteiger partial charge in [0.2, 0.25) is 0 Å². The molecule has 0 saturated carbocycles. The molecule has 0 radical (unpaired) electrons. The maximum absolute atomic E-state index is 14.5. The highest BCUT2D eigenvalue weighted by Gasteiger charge is 2.12. The smallest absolute Gasteiger partial charge is 0.343 e. The van der Waals surface area contributed by atoms with Gasteiger partial charge in [0.1, 0.15) is 19.0 Å². The van der Waals surface area contributed by atoms with Gasteiger partial charge in [-0.3, -0.25) is 0 Å². The SMILES string of the molecule is C=CC(=O)OCCOCCOc1ccc(C(=O)Oc2ccc(C#Cc3ccc(C#N)cc3)cc2F)cc1. The lowest BCUT2D eigenvalue weighted by Crippen LogP contribution is -2.12. The number of halogens is 1. The van der Waals surface area contributed by atoms with E-state index in [1.165, 1.54) is 24.3 Å². The van der Waals surface area contributed by atoms with Crippen molar-refractivity contribution in [2.45, 2.75) is 0 Å². The minimum Gasteiger partial charge on any atom is -0.491 e. The van der Waals surface area contributed by atoms with Gasteiger partial charge in [-0.25, -0.2) is 14.0 Å². The predicted octanol–water partition coefficient (Wildman–Crippen LogP) is 4.44. The molecule has 3 aromatic carbocycles. The molecule has 0 amide bonds. The van der Waals surface area contributed by atoms with E-state index in [0.717, 1.165) is 6.08 Å². The van der Waals surface area contributed by atoms with Crippen molar-refractivity contribution in [2.75, 3.05) is 26.4 Å². The van der Waals surface area contributed by atoms with Gasteiger partial charge < -0.3 is 18.9 Å². The molecule has 0 N–H and O–H groups in total. The van der Waals surface area contributed by atoms with Crippen LogP contribution in [0.3, 0.4) is 0 Å². The summed E-state index contributed by atoms with van der Waals surface area (Å²) in [7, 11) is 0. The first kappa shape index (κ1) is 26.7. The van der Waals surface area contributed by atoms with E-state index in [0.29, 0.717) is 22.4 Å². The number of hydrogen-bond donors (Lipinski definition) is 0. The summed E-state index contributed by atoms with van der Waals surface area (Å²) in [4.78, 5) is 23.3. The fourth-order valence-electron chi connectivity index (χ4n) is 2.86. The van der Waals surface area contributed by atoms with Crippen LogP contribution >= 0.6 is 0 Å². The topological polar surface area (TPSA) is 94.8 Å². The molecule has 3 rings (SSSR count). The van der Waals surface area contributed by atoms with Crippen LogP contribution in [0.25, 0.3) is 0 Å². The van der Waals surface area contributed by atoms with Gasteiger partial charge >= 0.3 is 11.9 Å². The third-order valence-electron chi connectivity index (χ3n) is 4.72. The van der Waals surface area contributed by atoms with Gasteiger partial charge in [0, 0.05) is 17.2 Å². The summed E-state index contributed by atoms with van der Waals surface area (Å²) in [6.07, 6.45) is 1.08. The number of hydrogen-bond acceptors (Lipinski definition) is 7. The summed E-state index contributed by atoms with van der Waals surface area (Å²) in [6.45, 7) is 4.18. The van der Waals surface area contributed by atoms with Gasteiger partial charge in [-0.15, -0.1) is 0 Å². The van der Waals surface area contributed by atoms with Crippen molar-refractivity contribution in [2.24, 2.45) is 0 Å². The molecule has 0 heterocycles. The van der Waals surface area contributed by atoms with Gasteiger partial charge in [-0.2, -0.15) is 5.26 Å². The van der Waals surface area contributed by atoms with E-state index in [-0.39, 0.29) is 37.7 Å². The summed E-state index contributed by atoms with van der Waals surface area (Å²) >= 11 is 0. The quantitative estimate of drug-likeness (QED) is 0.134. The van der Waals surface area contributed by atoms with Crippen molar-refractivity contribution in [3.05, 3.63) is 107 Å². The zero-order chi connectivity index (χ0) is 26.5. The third-order valence-corrected chi connectivity index (χ3v) is 4.72. The van der Waals surface area contributed by atoms with Gasteiger partial charge in [-0.1, -0.05) is 18.4 Å². The highest BCUT2D eigenvalue weighted by Crippen LogP contribution is 2.20. The molecule has 0 bridgehead atoms. The Hall–Kier alpha value is -4.92. The summed E-state index contributed by atoms with van der Waals surface area (Å²) < 4.78 is 35.2. The molecule has 3 aromatic rings. The van der Waals surface area contributed by atoms with Crippen molar-refractivity contribution in [1.29, 1.82) is 5.26 Å². The molecule has 7 nitrogen and oxygen atoms in total. The fourth-order valence-corrected chi connectivity index (χ4v) is 2.86. The molecule has 0 aliphatic heterocycles. The summed E-state index contributed by atoms with van der Waals surface area (Å²) in [5.41, 5.74) is 1.83. The Kier molecular flexibility index (Phi) is 9.98. The van der Waals surface area contributed by atoms with Gasteiger partial charge in [0.25, 0.3) is 0 Å². The van der Waals surface area contributed by atoms with Crippen LogP contribution in [0.5, 0.6) is 11.5 Å². The lowest BCUT2D eigenvalue weighted by atomic mass is 10.1. The van der Waals surface area contributed by atoms with Crippen molar-refractivity contribution in [3.8, 4) is 29.4 Å². The Balaban J connectivity index is 1.47. The van der Waals surface area contributed by atoms with Crippen LogP contribution in [-0.4, -0.2) is 38.4 Å². The molecule has 0 aliphatic rings. The van der Waals surface area contributed by atoms with Crippen LogP contribution in [0.2, 0.25) is 0 Å². The minimum atomic E-state index is -0.723. The van der Waals surface area contributed by atoms with Crippen LogP contribution in [0, 0.1) is 29.0 Å². The van der Waals surface area contributed by atoms with E-state index in [1.807, 2.05) is 6.07 Å². The first-order chi connectivity index (χ1) is 18.0. The molecule has 0 fully saturated rings. The first-order valence-corrected chi connectivity index (χ1v) is 11.1. The number of ether oxygens (including phenoxy) is 4. The molecule has 37 heavy (non-hydrogen) atoms. The number of carbonyl (C=O) groups is 2. The second-order valence-corrected chi connectivity index (χ2v) is 7.33. The van der Waals surface area contributed by atoms with E-state index in [2.05, 4.69) is 18.4 Å². The molecule has 0 unspecified atom stereocenters. The number of carbonyl (C=O) groups excluding carboxylic acids is 2. The highest BCUT2D eigenvalue weighted by atomic mass is 19.1. The molecule has 0 aromatic heterocycles. The van der Waals surface area contributed by atoms with Crippen molar-refractivity contribution < 1.29 is 32.9 Å². The summed E-state index contributed by atoms with van der Waals surface area (Å²) in [6, 6.07) is 19.0. The lowest BCUT2D eigenvalue weighted by Gasteiger charge is -2.09. The fraction of sp³-hybridized carbons (Fsp3) is 0.138. The standard InChI is InChI=1S/C29H22FNO6/c1-2-28(32)36-18-16-34-15-17-35-25-12-10-24(11-13-25)29(33)37-27-14-9-22(19-26(27)30)6-3-21-4-7-23(20-31)8-5-21/h2,4-5,7-14,19H,1,15-18H2. The van der Waals surface area contributed by atoms with Crippen LogP contribution in [-0.2, 0) is 14.3 Å². The Morgan fingerprint density at radius 1 is 0.865 bits per heavy atom. The van der Waals surface area contributed by atoms with E-state index < -0.39 is 17.8 Å². The molecule has 0 spiro atoms. The lowest BCUT2D eigenvalue weighted by molar-refractivity contribution is -0.139. The third kappa shape index (κ3) is 8.66. The predicted molar refractivity (Wildman–Crippen MR) is 132 cm³/mol. The molecular formula is C29H22FNO6. The first-order valence-electron chi connectivity index (χ1n) is 11.1. The van der Waals surface area contributed by atoms with E-state index >= 15 is 0 Å². The van der Waals surface area contributed by atoms with Gasteiger partial charge in [-0.05, 0) is 66.7 Å². The number of nitrogens with zero attached hydrogens (tertiary/aromatic N) is 1. The maximum atomic E-state index is 14.5. The van der Waals surface area contributed by atoms with Crippen LogP contribution < -0.4 is 9.47 Å². The normalized spacial score (nSPS) is 9.84. The monoisotopic (exact) mass is 499 g/mol. The van der Waals surface area contributed by atoms with Gasteiger partial charge in [0.15, 0.2) is 11.6 Å². The average Bonchev–Trinajstić information content (AvgIpc) is 2.93. The van der Waals surface area contributed by atoms with Gasteiger partial charge in [0.05, 0.1) is 30.4 Å². The Morgan fingerprint density at radius 3 is 2.19 bits per heavy atom. The van der Waals surface area contributed by atoms with E-state index in [4.69, 9.17) is 24.2 Å². The Morgan fingerprint density at radius 2 is 1.51 bits per heavy atom. The molecule has 0 atom stereocenters. The average molecular weight is 499 g/mol. The zero-order valence-corrected chi connectivity index (χ0v) is 19.7.